The molecule has 1 aromatic heterocycles. The number of aliphatic carboxylic acids is 1. The van der Waals surface area contributed by atoms with Crippen LogP contribution in [0.25, 0.3) is 11.1 Å². The maximum absolute atomic E-state index is 13.3. The first-order chi connectivity index (χ1) is 15.3. The normalized spacial score (nSPS) is 23.7. The third-order valence-electron chi connectivity index (χ3n) is 6.70. The number of amides is 1. The van der Waals surface area contributed by atoms with Crippen molar-refractivity contribution in [2.75, 3.05) is 12.4 Å². The van der Waals surface area contributed by atoms with Crippen LogP contribution in [0.3, 0.4) is 0 Å². The van der Waals surface area contributed by atoms with E-state index in [1.54, 1.807) is 0 Å². The van der Waals surface area contributed by atoms with E-state index in [9.17, 15) is 19.5 Å². The fourth-order valence-corrected chi connectivity index (χ4v) is 6.13. The topological polar surface area (TPSA) is 92.7 Å². The minimum absolute atomic E-state index is 0.107. The third kappa shape index (κ3) is 3.86. The number of carboxylic acids is 1. The first-order valence-electron chi connectivity index (χ1n) is 10.9. The van der Waals surface area contributed by atoms with Crippen LogP contribution in [0.4, 0.5) is 5.00 Å². The van der Waals surface area contributed by atoms with Crippen molar-refractivity contribution in [2.45, 2.75) is 33.1 Å². The molecule has 1 heterocycles. The molecular formula is C25H27NO5S. The molecule has 2 bridgehead atoms. The predicted molar refractivity (Wildman–Crippen MR) is 124 cm³/mol. The monoisotopic (exact) mass is 453 g/mol. The molecule has 168 valence electrons. The highest BCUT2D eigenvalue weighted by atomic mass is 32.1. The average molecular weight is 454 g/mol. The number of hydrogen-bond acceptors (Lipinski definition) is 5. The summed E-state index contributed by atoms with van der Waals surface area (Å²) in [5.41, 5.74) is 3.12. The van der Waals surface area contributed by atoms with Gasteiger partial charge in [0.05, 0.1) is 18.9 Å². The summed E-state index contributed by atoms with van der Waals surface area (Å²) in [7, 11) is 1.32. The number of anilines is 1. The molecule has 3 aliphatic carbocycles. The highest BCUT2D eigenvalue weighted by Gasteiger charge is 2.48. The summed E-state index contributed by atoms with van der Waals surface area (Å²) >= 11 is 1.31. The zero-order valence-corrected chi connectivity index (χ0v) is 19.2. The van der Waals surface area contributed by atoms with Crippen LogP contribution in [-0.2, 0) is 20.7 Å². The molecule has 1 fully saturated rings. The van der Waals surface area contributed by atoms with Gasteiger partial charge in [0, 0.05) is 10.4 Å². The SMILES string of the molecule is CCc1ccc(-c2c(C)sc(NC(=O)[C@@H]3[C@@H](C(=O)O)[C@H]4C=C[C@H]3CC4)c2C(=O)OC)cc1. The van der Waals surface area contributed by atoms with Crippen LogP contribution in [-0.4, -0.2) is 30.1 Å². The zero-order valence-electron chi connectivity index (χ0n) is 18.4. The molecule has 4 atom stereocenters. The van der Waals surface area contributed by atoms with Crippen LogP contribution in [0.1, 0.15) is 40.6 Å². The van der Waals surface area contributed by atoms with Crippen molar-refractivity contribution < 1.29 is 24.2 Å². The number of methoxy groups -OCH3 is 1. The van der Waals surface area contributed by atoms with E-state index in [1.165, 1.54) is 24.0 Å². The second-order valence-corrected chi connectivity index (χ2v) is 9.67. The molecule has 32 heavy (non-hydrogen) atoms. The molecule has 1 saturated carbocycles. The number of ether oxygens (including phenoxy) is 1. The maximum Gasteiger partial charge on any atom is 0.341 e. The van der Waals surface area contributed by atoms with E-state index in [0.29, 0.717) is 10.6 Å². The lowest BCUT2D eigenvalue weighted by molar-refractivity contribution is -0.151. The standard InChI is InChI=1S/C25H27NO5S/c1-4-14-5-7-15(8-6-14)18-13(2)32-23(21(18)25(30)31-3)26-22(27)19-16-9-11-17(12-10-16)20(19)24(28)29/h5-9,11,16-17,19-20H,4,10,12H2,1-3H3,(H,26,27)(H,28,29)/t16-,17-,19-,20-/m0/s1. The van der Waals surface area contributed by atoms with Crippen molar-refractivity contribution in [1.29, 1.82) is 0 Å². The molecule has 0 radical (unpaired) electrons. The Kier molecular flexibility index (Phi) is 6.20. The Morgan fingerprint density at radius 3 is 2.25 bits per heavy atom. The van der Waals surface area contributed by atoms with Gasteiger partial charge < -0.3 is 15.2 Å². The number of allylic oxidation sites excluding steroid dienone is 2. The third-order valence-corrected chi connectivity index (χ3v) is 7.72. The quantitative estimate of drug-likeness (QED) is 0.478. The summed E-state index contributed by atoms with van der Waals surface area (Å²) in [5, 5.41) is 13.1. The summed E-state index contributed by atoms with van der Waals surface area (Å²) in [5.74, 6) is -3.47. The van der Waals surface area contributed by atoms with E-state index < -0.39 is 23.8 Å². The van der Waals surface area contributed by atoms with Crippen molar-refractivity contribution >= 4 is 34.2 Å². The Morgan fingerprint density at radius 2 is 1.72 bits per heavy atom. The van der Waals surface area contributed by atoms with Gasteiger partial charge in [0.25, 0.3) is 0 Å². The molecule has 3 aliphatic rings. The second kappa shape index (κ2) is 8.90. The highest BCUT2D eigenvalue weighted by Crippen LogP contribution is 2.46. The van der Waals surface area contributed by atoms with Gasteiger partial charge in [0.2, 0.25) is 5.91 Å². The van der Waals surface area contributed by atoms with Crippen LogP contribution < -0.4 is 5.32 Å². The molecular weight excluding hydrogens is 426 g/mol. The van der Waals surface area contributed by atoms with Gasteiger partial charge in [-0.3, -0.25) is 9.59 Å². The van der Waals surface area contributed by atoms with Gasteiger partial charge in [-0.2, -0.15) is 0 Å². The molecule has 0 unspecified atom stereocenters. The van der Waals surface area contributed by atoms with Crippen LogP contribution >= 0.6 is 11.3 Å². The molecule has 1 amide bonds. The number of fused-ring (bicyclic) bond motifs is 2. The fraction of sp³-hybridized carbons (Fsp3) is 0.400. The first-order valence-corrected chi connectivity index (χ1v) is 11.7. The van der Waals surface area contributed by atoms with Gasteiger partial charge in [-0.05, 0) is 49.1 Å². The number of thiophene rings is 1. The van der Waals surface area contributed by atoms with Crippen LogP contribution in [0.5, 0.6) is 0 Å². The van der Waals surface area contributed by atoms with E-state index in [1.807, 2.05) is 43.3 Å². The Morgan fingerprint density at radius 1 is 1.09 bits per heavy atom. The van der Waals surface area contributed by atoms with Crippen molar-refractivity contribution in [3.05, 3.63) is 52.4 Å². The van der Waals surface area contributed by atoms with Crippen LogP contribution in [0.15, 0.2) is 36.4 Å². The van der Waals surface area contributed by atoms with E-state index in [4.69, 9.17) is 4.74 Å². The minimum Gasteiger partial charge on any atom is -0.481 e. The lowest BCUT2D eigenvalue weighted by Gasteiger charge is -2.41. The van der Waals surface area contributed by atoms with E-state index in [0.717, 1.165) is 35.3 Å². The molecule has 0 spiro atoms. The number of hydrogen-bond donors (Lipinski definition) is 2. The van der Waals surface area contributed by atoms with Gasteiger partial charge in [-0.1, -0.05) is 43.3 Å². The number of carboxylic acid groups (broad SMARTS) is 1. The Labute approximate surface area is 191 Å². The van der Waals surface area contributed by atoms with E-state index in [2.05, 4.69) is 12.2 Å². The number of aryl methyl sites for hydroxylation is 2. The number of benzene rings is 1. The Hall–Kier alpha value is -2.93. The fourth-order valence-electron chi connectivity index (χ4n) is 5.07. The van der Waals surface area contributed by atoms with Crippen molar-refractivity contribution in [3.63, 3.8) is 0 Å². The Bertz CT molecular complexity index is 1080. The van der Waals surface area contributed by atoms with Crippen LogP contribution in [0, 0.1) is 30.6 Å². The maximum atomic E-state index is 13.3. The van der Waals surface area contributed by atoms with Gasteiger partial charge >= 0.3 is 11.9 Å². The Balaban J connectivity index is 1.71. The molecule has 5 rings (SSSR count). The highest BCUT2D eigenvalue weighted by molar-refractivity contribution is 7.17. The average Bonchev–Trinajstić information content (AvgIpc) is 3.13. The lowest BCUT2D eigenvalue weighted by Crippen LogP contribution is -2.47. The summed E-state index contributed by atoms with van der Waals surface area (Å²) < 4.78 is 5.04. The predicted octanol–water partition coefficient (Wildman–Crippen LogP) is 4.92. The summed E-state index contributed by atoms with van der Waals surface area (Å²) in [6.45, 7) is 3.98. The minimum atomic E-state index is -0.948. The molecule has 0 saturated heterocycles. The van der Waals surface area contributed by atoms with Crippen molar-refractivity contribution in [3.8, 4) is 11.1 Å². The molecule has 2 N–H and O–H groups in total. The van der Waals surface area contributed by atoms with Gasteiger partial charge in [-0.15, -0.1) is 11.3 Å². The van der Waals surface area contributed by atoms with Gasteiger partial charge in [0.15, 0.2) is 0 Å². The van der Waals surface area contributed by atoms with Gasteiger partial charge in [0.1, 0.15) is 10.6 Å². The number of nitrogens with one attached hydrogen (secondary N) is 1. The number of rotatable bonds is 6. The largest absolute Gasteiger partial charge is 0.481 e. The molecule has 6 nitrogen and oxygen atoms in total. The van der Waals surface area contributed by atoms with Crippen molar-refractivity contribution in [1.82, 2.24) is 0 Å². The molecule has 0 aliphatic heterocycles. The summed E-state index contributed by atoms with van der Waals surface area (Å²) in [4.78, 5) is 38.9. The number of esters is 1. The molecule has 7 heteroatoms. The van der Waals surface area contributed by atoms with Gasteiger partial charge in [-0.25, -0.2) is 4.79 Å². The smallest absolute Gasteiger partial charge is 0.341 e. The zero-order chi connectivity index (χ0) is 23.0. The summed E-state index contributed by atoms with van der Waals surface area (Å²) in [6.07, 6.45) is 6.40. The summed E-state index contributed by atoms with van der Waals surface area (Å²) in [6, 6.07) is 7.98. The molecule has 1 aromatic carbocycles. The number of carbonyl (C=O) groups is 3. The van der Waals surface area contributed by atoms with Crippen LogP contribution in [0.2, 0.25) is 0 Å². The molecule has 2 aromatic rings. The first kappa shape index (κ1) is 22.3. The van der Waals surface area contributed by atoms with Crippen molar-refractivity contribution in [2.24, 2.45) is 23.7 Å². The second-order valence-electron chi connectivity index (χ2n) is 8.45. The lowest BCUT2D eigenvalue weighted by atomic mass is 9.62. The van der Waals surface area contributed by atoms with E-state index >= 15 is 0 Å². The van der Waals surface area contributed by atoms with E-state index in [-0.39, 0.29) is 17.7 Å². The number of carbonyl (C=O) groups excluding carboxylic acids is 2.